The Balaban J connectivity index is 0.942. The lowest BCUT2D eigenvalue weighted by Crippen LogP contribution is -2.52. The average Bonchev–Trinajstić information content (AvgIpc) is 3.90. The molecule has 3 aliphatic rings. The summed E-state index contributed by atoms with van der Waals surface area (Å²) in [5.74, 6) is 7.47. The highest BCUT2D eigenvalue weighted by atomic mass is 35.5. The van der Waals surface area contributed by atoms with E-state index >= 15 is 0 Å². The van der Waals surface area contributed by atoms with Crippen molar-refractivity contribution in [2.75, 3.05) is 0 Å². The van der Waals surface area contributed by atoms with Crippen LogP contribution in [0.1, 0.15) is 98.9 Å². The summed E-state index contributed by atoms with van der Waals surface area (Å²) in [6, 6.07) is 12.6. The highest BCUT2D eigenvalue weighted by Gasteiger charge is 2.39. The molecule has 5 aromatic rings. The molecule has 2 atom stereocenters. The molecular weight excluding hydrogens is 708 g/mol. The van der Waals surface area contributed by atoms with E-state index in [2.05, 4.69) is 50.0 Å². The first-order chi connectivity index (χ1) is 25.7. The Morgan fingerprint density at radius 1 is 1.08 bits per heavy atom. The van der Waals surface area contributed by atoms with Gasteiger partial charge in [0, 0.05) is 47.4 Å². The number of halogens is 1. The molecule has 8 rings (SSSR count). The predicted octanol–water partition coefficient (Wildman–Crippen LogP) is 6.36. The van der Waals surface area contributed by atoms with E-state index in [1.54, 1.807) is 28.5 Å². The Morgan fingerprint density at radius 2 is 1.91 bits per heavy atom. The van der Waals surface area contributed by atoms with Crippen molar-refractivity contribution >= 4 is 52.4 Å². The second-order valence-corrected chi connectivity index (χ2v) is 14.8. The van der Waals surface area contributed by atoms with Gasteiger partial charge in [0.2, 0.25) is 11.8 Å². The number of aromatic nitrogens is 5. The third-order valence-electron chi connectivity index (χ3n) is 9.86. The van der Waals surface area contributed by atoms with Gasteiger partial charge in [-0.25, -0.2) is 0 Å². The number of hydrogen-bond donors (Lipinski definition) is 1. The third kappa shape index (κ3) is 6.51. The summed E-state index contributed by atoms with van der Waals surface area (Å²) >= 11 is 7.84. The highest BCUT2D eigenvalue weighted by Crippen LogP contribution is 2.39. The van der Waals surface area contributed by atoms with E-state index in [0.29, 0.717) is 23.6 Å². The van der Waals surface area contributed by atoms with Crippen LogP contribution in [0.5, 0.6) is 0 Å². The van der Waals surface area contributed by atoms with Gasteiger partial charge >= 0.3 is 0 Å². The standard InChI is InChI=1S/C40H35ClN8O3S/c1-23-33(53-40-35(23)36(28-12-14-29(41)15-13-28)43-24(2)37-46-45-25(3)49(37)40)17-11-26-20-42-47(21-26)19-6-4-5-8-27-9-7-10-30-31(27)22-48(39(30)52)32-16-18-34(50)44-38(32)51/h5,7-10,12-15,20-21,24,32H,4,6,16,18-19,22H2,1-3H3,(H,44,50,51)/b8-5+/t24-,32?/m0/s1. The van der Waals surface area contributed by atoms with Crippen LogP contribution >= 0.6 is 22.9 Å². The van der Waals surface area contributed by atoms with Crippen molar-refractivity contribution in [2.45, 2.75) is 71.6 Å². The Bertz CT molecular complexity index is 2430. The number of amides is 3. The Labute approximate surface area is 315 Å². The molecule has 53 heavy (non-hydrogen) atoms. The van der Waals surface area contributed by atoms with Gasteiger partial charge in [-0.15, -0.1) is 21.5 Å². The molecule has 11 nitrogen and oxygen atoms in total. The lowest BCUT2D eigenvalue weighted by Gasteiger charge is -2.29. The maximum absolute atomic E-state index is 13.2. The first-order valence-corrected chi connectivity index (χ1v) is 18.7. The molecule has 1 fully saturated rings. The molecule has 3 aliphatic heterocycles. The number of carbonyl (C=O) groups is 3. The monoisotopic (exact) mass is 742 g/mol. The van der Waals surface area contributed by atoms with E-state index in [-0.39, 0.29) is 24.3 Å². The maximum atomic E-state index is 13.2. The average molecular weight is 743 g/mol. The Hall–Kier alpha value is -5.64. The summed E-state index contributed by atoms with van der Waals surface area (Å²) in [5.41, 5.74) is 7.25. The topological polar surface area (TPSA) is 127 Å². The van der Waals surface area contributed by atoms with Crippen LogP contribution in [-0.2, 0) is 22.7 Å². The van der Waals surface area contributed by atoms with Crippen molar-refractivity contribution in [3.05, 3.63) is 121 Å². The van der Waals surface area contributed by atoms with Crippen LogP contribution < -0.4 is 5.32 Å². The smallest absolute Gasteiger partial charge is 0.255 e. The molecule has 1 unspecified atom stereocenters. The molecule has 1 N–H and O–H groups in total. The second-order valence-electron chi connectivity index (χ2n) is 13.4. The van der Waals surface area contributed by atoms with Gasteiger partial charge in [0.05, 0.1) is 22.3 Å². The summed E-state index contributed by atoms with van der Waals surface area (Å²) in [4.78, 5) is 44.9. The Morgan fingerprint density at radius 3 is 2.72 bits per heavy atom. The van der Waals surface area contributed by atoms with Crippen molar-refractivity contribution in [3.8, 4) is 16.8 Å². The van der Waals surface area contributed by atoms with Crippen molar-refractivity contribution in [1.29, 1.82) is 0 Å². The molecule has 1 saturated heterocycles. The lowest BCUT2D eigenvalue weighted by molar-refractivity contribution is -0.136. The van der Waals surface area contributed by atoms with Crippen LogP contribution in [0.2, 0.25) is 5.02 Å². The van der Waals surface area contributed by atoms with Crippen LogP contribution in [0.4, 0.5) is 0 Å². The number of benzene rings is 2. The molecule has 3 aromatic heterocycles. The van der Waals surface area contributed by atoms with Gasteiger partial charge in [-0.1, -0.05) is 59.9 Å². The summed E-state index contributed by atoms with van der Waals surface area (Å²) in [6.45, 7) is 7.16. The number of unbranched alkanes of at least 4 members (excludes halogenated alkanes) is 1. The fraction of sp³-hybridized carbons (Fsp3) is 0.275. The van der Waals surface area contributed by atoms with Gasteiger partial charge < -0.3 is 4.90 Å². The fourth-order valence-electron chi connectivity index (χ4n) is 7.12. The van der Waals surface area contributed by atoms with E-state index in [1.807, 2.05) is 67.2 Å². The minimum absolute atomic E-state index is 0.169. The van der Waals surface area contributed by atoms with Gasteiger partial charge in [0.1, 0.15) is 22.9 Å². The number of rotatable bonds is 7. The highest BCUT2D eigenvalue weighted by molar-refractivity contribution is 7.15. The number of thiophene rings is 1. The molecule has 0 saturated carbocycles. The molecular formula is C40H35ClN8O3S. The number of imide groups is 1. The predicted molar refractivity (Wildman–Crippen MR) is 203 cm³/mol. The lowest BCUT2D eigenvalue weighted by atomic mass is 9.99. The number of nitrogens with one attached hydrogen (secondary N) is 1. The van der Waals surface area contributed by atoms with Gasteiger partial charge in [-0.05, 0) is 74.9 Å². The first kappa shape index (κ1) is 34.4. The van der Waals surface area contributed by atoms with Gasteiger partial charge in [-0.2, -0.15) is 5.10 Å². The molecule has 2 aromatic carbocycles. The molecule has 0 radical (unpaired) electrons. The van der Waals surface area contributed by atoms with Crippen LogP contribution in [0.25, 0.3) is 11.1 Å². The third-order valence-corrected chi connectivity index (χ3v) is 11.3. The number of aryl methyl sites for hydroxylation is 2. The van der Waals surface area contributed by atoms with E-state index in [4.69, 9.17) is 16.6 Å². The molecule has 0 spiro atoms. The number of piperidine rings is 1. The van der Waals surface area contributed by atoms with Crippen molar-refractivity contribution < 1.29 is 14.4 Å². The zero-order chi connectivity index (χ0) is 36.8. The summed E-state index contributed by atoms with van der Waals surface area (Å²) in [5, 5.41) is 17.4. The van der Waals surface area contributed by atoms with Crippen LogP contribution in [0.3, 0.4) is 0 Å². The van der Waals surface area contributed by atoms with Gasteiger partial charge in [0.15, 0.2) is 5.82 Å². The molecule has 3 amide bonds. The summed E-state index contributed by atoms with van der Waals surface area (Å²) in [6.07, 6.45) is 10.2. The largest absolute Gasteiger partial charge is 0.322 e. The fourth-order valence-corrected chi connectivity index (χ4v) is 8.47. The maximum Gasteiger partial charge on any atom is 0.255 e. The Kier molecular flexibility index (Phi) is 9.14. The summed E-state index contributed by atoms with van der Waals surface area (Å²) < 4.78 is 4.01. The van der Waals surface area contributed by atoms with E-state index in [9.17, 15) is 14.4 Å². The van der Waals surface area contributed by atoms with Gasteiger partial charge in [0.25, 0.3) is 5.91 Å². The molecule has 6 heterocycles. The first-order valence-electron chi connectivity index (χ1n) is 17.5. The zero-order valence-corrected chi connectivity index (χ0v) is 31.0. The normalized spacial score (nSPS) is 17.9. The zero-order valence-electron chi connectivity index (χ0n) is 29.4. The van der Waals surface area contributed by atoms with E-state index in [0.717, 1.165) is 80.0 Å². The molecule has 266 valence electrons. The van der Waals surface area contributed by atoms with E-state index < -0.39 is 11.9 Å². The molecule has 13 heteroatoms. The minimum Gasteiger partial charge on any atom is -0.322 e. The second kappa shape index (κ2) is 14.1. The number of hydrogen-bond acceptors (Lipinski definition) is 8. The number of fused-ring (bicyclic) bond motifs is 4. The van der Waals surface area contributed by atoms with Crippen LogP contribution in [-0.4, -0.2) is 58.9 Å². The van der Waals surface area contributed by atoms with Crippen molar-refractivity contribution in [3.63, 3.8) is 0 Å². The minimum atomic E-state index is -0.629. The summed E-state index contributed by atoms with van der Waals surface area (Å²) in [7, 11) is 0. The number of carbonyl (C=O) groups excluding carboxylic acids is 3. The SMILES string of the molecule is Cc1c(C#Cc2cnn(CCC/C=C/c3cccc4c3CN(C3CCC(=O)NC3=O)C4=O)c2)sc2c1C(c1ccc(Cl)cc1)=N[C@@H](C)c1nnc(C)n1-2. The number of aliphatic imine (C=N–C) groups is 1. The quantitative estimate of drug-likeness (QED) is 0.118. The van der Waals surface area contributed by atoms with E-state index in [1.165, 1.54) is 0 Å². The number of allylic oxidation sites excluding steroid dienone is 1. The van der Waals surface area contributed by atoms with Crippen molar-refractivity contribution in [2.24, 2.45) is 4.99 Å². The van der Waals surface area contributed by atoms with Gasteiger partial charge in [-0.3, -0.25) is 33.9 Å². The molecule has 0 bridgehead atoms. The van der Waals surface area contributed by atoms with Crippen molar-refractivity contribution in [1.82, 2.24) is 34.8 Å². The van der Waals surface area contributed by atoms with Crippen LogP contribution in [0.15, 0.2) is 65.9 Å². The molecule has 0 aliphatic carbocycles. The van der Waals surface area contributed by atoms with Crippen LogP contribution in [0, 0.1) is 25.7 Å². The number of nitrogens with zero attached hydrogens (tertiary/aromatic N) is 7.